The zero-order chi connectivity index (χ0) is 23.4. The Balaban J connectivity index is 1.27. The van der Waals surface area contributed by atoms with E-state index in [1.807, 2.05) is 12.1 Å². The Morgan fingerprint density at radius 1 is 1.09 bits per heavy atom. The molecule has 2 aliphatic rings. The van der Waals surface area contributed by atoms with Gasteiger partial charge >= 0.3 is 12.0 Å². The van der Waals surface area contributed by atoms with E-state index in [2.05, 4.69) is 15.8 Å². The summed E-state index contributed by atoms with van der Waals surface area (Å²) in [6.45, 7) is 1.15. The zero-order valence-electron chi connectivity index (χ0n) is 17.7. The number of rotatable bonds is 5. The third kappa shape index (κ3) is 5.25. The van der Waals surface area contributed by atoms with Gasteiger partial charge in [0.2, 0.25) is 0 Å². The van der Waals surface area contributed by atoms with E-state index in [9.17, 15) is 19.5 Å². The van der Waals surface area contributed by atoms with Crippen LogP contribution in [0.15, 0.2) is 53.7 Å². The molecule has 0 bridgehead atoms. The number of anilines is 1. The van der Waals surface area contributed by atoms with Crippen LogP contribution in [-0.4, -0.2) is 52.3 Å². The molecule has 2 aromatic rings. The van der Waals surface area contributed by atoms with Gasteiger partial charge in [0.25, 0.3) is 5.91 Å². The largest absolute Gasteiger partial charge is 0.478 e. The predicted molar refractivity (Wildman–Crippen MR) is 122 cm³/mol. The number of halogens is 1. The average Bonchev–Trinajstić information content (AvgIpc) is 3.22. The van der Waals surface area contributed by atoms with Crippen LogP contribution in [-0.2, 0) is 16.2 Å². The van der Waals surface area contributed by atoms with Gasteiger partial charge < -0.3 is 25.5 Å². The molecular weight excluding hydrogens is 448 g/mol. The minimum atomic E-state index is -1.11. The van der Waals surface area contributed by atoms with E-state index in [1.165, 1.54) is 6.07 Å². The molecule has 4 rings (SSSR count). The molecule has 0 aliphatic carbocycles. The first-order valence-electron chi connectivity index (χ1n) is 10.5. The number of urea groups is 1. The number of amides is 3. The van der Waals surface area contributed by atoms with Crippen LogP contribution in [0, 0.1) is 0 Å². The van der Waals surface area contributed by atoms with Gasteiger partial charge in [0.1, 0.15) is 11.3 Å². The number of carbonyl (C=O) groups is 3. The number of carboxylic acids is 1. The first-order valence-corrected chi connectivity index (χ1v) is 10.9. The molecule has 1 spiro atoms. The maximum Gasteiger partial charge on any atom is 0.337 e. The van der Waals surface area contributed by atoms with Crippen molar-refractivity contribution in [2.75, 3.05) is 18.4 Å². The fourth-order valence-corrected chi connectivity index (χ4v) is 4.01. The van der Waals surface area contributed by atoms with Crippen molar-refractivity contribution in [2.45, 2.75) is 31.4 Å². The van der Waals surface area contributed by atoms with E-state index in [0.29, 0.717) is 49.6 Å². The van der Waals surface area contributed by atoms with Gasteiger partial charge in [0, 0.05) is 43.9 Å². The quantitative estimate of drug-likeness (QED) is 0.617. The van der Waals surface area contributed by atoms with E-state index in [-0.39, 0.29) is 23.2 Å². The van der Waals surface area contributed by atoms with Crippen LogP contribution in [0.5, 0.6) is 0 Å². The van der Waals surface area contributed by atoms with E-state index in [4.69, 9.17) is 16.4 Å². The van der Waals surface area contributed by atoms with Crippen molar-refractivity contribution < 1.29 is 24.3 Å². The van der Waals surface area contributed by atoms with Gasteiger partial charge in [-0.1, -0.05) is 41.0 Å². The van der Waals surface area contributed by atoms with Crippen molar-refractivity contribution in [2.24, 2.45) is 5.16 Å². The summed E-state index contributed by atoms with van der Waals surface area (Å²) in [4.78, 5) is 43.7. The molecule has 0 aromatic heterocycles. The number of nitrogens with one attached hydrogen (secondary N) is 2. The second-order valence-corrected chi connectivity index (χ2v) is 8.50. The molecule has 2 heterocycles. The lowest BCUT2D eigenvalue weighted by Gasteiger charge is -2.37. The Bertz CT molecular complexity index is 1090. The summed E-state index contributed by atoms with van der Waals surface area (Å²) in [6.07, 6.45) is 1.40. The predicted octanol–water partition coefficient (Wildman–Crippen LogP) is 3.50. The van der Waals surface area contributed by atoms with Crippen molar-refractivity contribution >= 4 is 40.9 Å². The number of carbonyl (C=O) groups excluding carboxylic acids is 2. The molecule has 33 heavy (non-hydrogen) atoms. The number of benzene rings is 2. The van der Waals surface area contributed by atoms with Gasteiger partial charge in [-0.25, -0.2) is 9.59 Å². The van der Waals surface area contributed by atoms with Crippen LogP contribution in [0.25, 0.3) is 0 Å². The molecule has 0 unspecified atom stereocenters. The normalized spacial score (nSPS) is 16.6. The van der Waals surface area contributed by atoms with Crippen molar-refractivity contribution in [3.05, 3.63) is 64.7 Å². The molecule has 1 fully saturated rings. The molecule has 3 N–H and O–H groups in total. The van der Waals surface area contributed by atoms with E-state index in [0.717, 1.165) is 5.56 Å². The smallest absolute Gasteiger partial charge is 0.337 e. The fraction of sp³-hybridized carbons (Fsp3) is 0.304. The summed E-state index contributed by atoms with van der Waals surface area (Å²) in [7, 11) is 0. The summed E-state index contributed by atoms with van der Waals surface area (Å²) in [5, 5.41) is 19.4. The van der Waals surface area contributed by atoms with Crippen LogP contribution >= 0.6 is 11.6 Å². The standard InChI is InChI=1S/C23H23ClN4O5/c24-16-7-5-15(6-8-16)14-25-20(29)19-13-23(33-27-19)9-11-28(12-10-23)22(32)26-18-4-2-1-3-17(18)21(30)31/h1-8H,9-14H2,(H,25,29)(H,26,32)(H,30,31). The third-order valence-electron chi connectivity index (χ3n) is 5.83. The van der Waals surface area contributed by atoms with Crippen LogP contribution in [0.1, 0.15) is 35.2 Å². The lowest BCUT2D eigenvalue weighted by Crippen LogP contribution is -2.48. The van der Waals surface area contributed by atoms with Crippen molar-refractivity contribution in [1.82, 2.24) is 10.2 Å². The maximum atomic E-state index is 12.6. The Kier molecular flexibility index (Phi) is 6.50. The maximum absolute atomic E-state index is 12.6. The van der Waals surface area contributed by atoms with Crippen LogP contribution in [0.3, 0.4) is 0 Å². The van der Waals surface area contributed by atoms with Gasteiger partial charge in [-0.3, -0.25) is 4.79 Å². The SMILES string of the molecule is O=C(NCc1ccc(Cl)cc1)C1=NOC2(CCN(C(=O)Nc3ccccc3C(=O)O)CC2)C1. The summed E-state index contributed by atoms with van der Waals surface area (Å²) in [5.74, 6) is -1.39. The molecule has 0 radical (unpaired) electrons. The molecule has 0 saturated carbocycles. The molecular formula is C23H23ClN4O5. The Morgan fingerprint density at radius 3 is 2.48 bits per heavy atom. The molecule has 172 valence electrons. The van der Waals surface area contributed by atoms with Gasteiger partial charge in [0.15, 0.2) is 0 Å². The molecule has 2 aliphatic heterocycles. The number of carboxylic acid groups (broad SMARTS) is 1. The number of nitrogens with zero attached hydrogens (tertiary/aromatic N) is 2. The highest BCUT2D eigenvalue weighted by Crippen LogP contribution is 2.35. The van der Waals surface area contributed by atoms with Gasteiger partial charge in [-0.2, -0.15) is 0 Å². The molecule has 10 heteroatoms. The van der Waals surface area contributed by atoms with E-state index in [1.54, 1.807) is 35.2 Å². The minimum absolute atomic E-state index is 0.0288. The molecule has 1 saturated heterocycles. The summed E-state index contributed by atoms with van der Waals surface area (Å²) >= 11 is 5.88. The lowest BCUT2D eigenvalue weighted by molar-refractivity contribution is -0.115. The summed E-state index contributed by atoms with van der Waals surface area (Å²) in [5.41, 5.74) is 0.919. The number of piperidine rings is 1. The van der Waals surface area contributed by atoms with E-state index >= 15 is 0 Å². The van der Waals surface area contributed by atoms with Crippen LogP contribution in [0.4, 0.5) is 10.5 Å². The number of likely N-dealkylation sites (tertiary alicyclic amines) is 1. The van der Waals surface area contributed by atoms with Gasteiger partial charge in [-0.15, -0.1) is 0 Å². The Morgan fingerprint density at radius 2 is 1.79 bits per heavy atom. The lowest BCUT2D eigenvalue weighted by atomic mass is 9.87. The van der Waals surface area contributed by atoms with Gasteiger partial charge in [-0.05, 0) is 29.8 Å². The van der Waals surface area contributed by atoms with Crippen LogP contribution in [0.2, 0.25) is 5.02 Å². The highest BCUT2D eigenvalue weighted by molar-refractivity contribution is 6.39. The minimum Gasteiger partial charge on any atom is -0.478 e. The first kappa shape index (κ1) is 22.6. The Labute approximate surface area is 195 Å². The summed E-state index contributed by atoms with van der Waals surface area (Å²) < 4.78 is 0. The number of hydrogen-bond donors (Lipinski definition) is 3. The van der Waals surface area contributed by atoms with E-state index < -0.39 is 11.6 Å². The average molecular weight is 471 g/mol. The second-order valence-electron chi connectivity index (χ2n) is 8.07. The number of aromatic carboxylic acids is 1. The summed E-state index contributed by atoms with van der Waals surface area (Å²) in [6, 6.07) is 13.1. The molecule has 0 atom stereocenters. The number of hydrogen-bond acceptors (Lipinski definition) is 5. The third-order valence-corrected chi connectivity index (χ3v) is 6.08. The van der Waals surface area contributed by atoms with Crippen molar-refractivity contribution in [1.29, 1.82) is 0 Å². The second kappa shape index (κ2) is 9.50. The number of oxime groups is 1. The van der Waals surface area contributed by atoms with Crippen molar-refractivity contribution in [3.63, 3.8) is 0 Å². The topological polar surface area (TPSA) is 120 Å². The monoisotopic (exact) mass is 470 g/mol. The van der Waals surface area contributed by atoms with Gasteiger partial charge in [0.05, 0.1) is 11.3 Å². The highest BCUT2D eigenvalue weighted by atomic mass is 35.5. The molecule has 2 aromatic carbocycles. The highest BCUT2D eigenvalue weighted by Gasteiger charge is 2.44. The van der Waals surface area contributed by atoms with Crippen molar-refractivity contribution in [3.8, 4) is 0 Å². The molecule has 3 amide bonds. The zero-order valence-corrected chi connectivity index (χ0v) is 18.5. The Hall–Kier alpha value is -3.59. The fourth-order valence-electron chi connectivity index (χ4n) is 3.89. The first-order chi connectivity index (χ1) is 15.8. The number of para-hydroxylation sites is 1. The molecule has 9 nitrogen and oxygen atoms in total. The van der Waals surface area contributed by atoms with Crippen LogP contribution < -0.4 is 10.6 Å².